The molecule has 0 N–H and O–H groups in total. The van der Waals surface area contributed by atoms with Crippen molar-refractivity contribution < 1.29 is 18.6 Å². The molecule has 0 spiro atoms. The van der Waals surface area contributed by atoms with Crippen LogP contribution in [0.2, 0.25) is 0 Å². The summed E-state index contributed by atoms with van der Waals surface area (Å²) in [6.45, 7) is 2.66. The molecule has 1 aliphatic heterocycles. The number of methoxy groups -OCH3 is 1. The lowest BCUT2D eigenvalue weighted by Gasteiger charge is -2.29. The summed E-state index contributed by atoms with van der Waals surface area (Å²) in [7, 11) is 1.62. The van der Waals surface area contributed by atoms with Crippen LogP contribution in [0.3, 0.4) is 0 Å². The number of ether oxygens (including phenoxy) is 3. The molecular formula is C24H23FN2O3. The largest absolute Gasteiger partial charge is 0.497 e. The molecule has 1 heterocycles. The summed E-state index contributed by atoms with van der Waals surface area (Å²) >= 11 is 0. The molecule has 6 heteroatoms. The van der Waals surface area contributed by atoms with Crippen LogP contribution < -0.4 is 14.4 Å². The zero-order valence-electron chi connectivity index (χ0n) is 16.8. The van der Waals surface area contributed by atoms with Gasteiger partial charge in [0.15, 0.2) is 0 Å². The highest BCUT2D eigenvalue weighted by molar-refractivity contribution is 5.82. The molecule has 1 fully saturated rings. The minimum absolute atomic E-state index is 0.247. The topological polar surface area (TPSA) is 43.3 Å². The Kier molecular flexibility index (Phi) is 6.25. The van der Waals surface area contributed by atoms with Gasteiger partial charge in [0.25, 0.3) is 0 Å². The van der Waals surface area contributed by atoms with Gasteiger partial charge in [0.2, 0.25) is 0 Å². The van der Waals surface area contributed by atoms with Gasteiger partial charge in [-0.15, -0.1) is 0 Å². The van der Waals surface area contributed by atoms with Crippen molar-refractivity contribution in [1.82, 2.24) is 0 Å². The zero-order chi connectivity index (χ0) is 20.8. The van der Waals surface area contributed by atoms with Gasteiger partial charge in [-0.2, -0.15) is 0 Å². The Morgan fingerprint density at radius 3 is 2.43 bits per heavy atom. The first-order valence-electron chi connectivity index (χ1n) is 9.79. The van der Waals surface area contributed by atoms with Gasteiger partial charge < -0.3 is 19.1 Å². The average molecular weight is 406 g/mol. The van der Waals surface area contributed by atoms with Crippen molar-refractivity contribution in [3.05, 3.63) is 78.1 Å². The fourth-order valence-corrected chi connectivity index (χ4v) is 3.21. The van der Waals surface area contributed by atoms with E-state index >= 15 is 0 Å². The van der Waals surface area contributed by atoms with Crippen molar-refractivity contribution in [3.63, 3.8) is 0 Å². The molecule has 30 heavy (non-hydrogen) atoms. The standard InChI is InChI=1S/C24H23FN2O3/c1-28-21-3-2-4-22(16-21)30-20-8-6-19(7-9-20)26-17-18-5-10-24(23(25)15-18)27-11-13-29-14-12-27/h2-10,15-17H,11-14H2,1H3. The summed E-state index contributed by atoms with van der Waals surface area (Å²) in [6, 6.07) is 20.0. The molecule has 3 aromatic carbocycles. The number of morpholine rings is 1. The van der Waals surface area contributed by atoms with Crippen LogP contribution in [-0.2, 0) is 4.74 Å². The molecule has 3 aromatic rings. The van der Waals surface area contributed by atoms with E-state index in [1.54, 1.807) is 19.4 Å². The normalized spacial score (nSPS) is 14.1. The fourth-order valence-electron chi connectivity index (χ4n) is 3.21. The van der Waals surface area contributed by atoms with Crippen molar-refractivity contribution >= 4 is 17.6 Å². The molecule has 0 bridgehead atoms. The van der Waals surface area contributed by atoms with E-state index in [1.165, 1.54) is 6.07 Å². The Morgan fingerprint density at radius 2 is 1.70 bits per heavy atom. The Morgan fingerprint density at radius 1 is 0.933 bits per heavy atom. The summed E-state index contributed by atoms with van der Waals surface area (Å²) in [5.41, 5.74) is 2.07. The Labute approximate surface area is 175 Å². The summed E-state index contributed by atoms with van der Waals surface area (Å²) in [5, 5.41) is 0. The summed E-state index contributed by atoms with van der Waals surface area (Å²) in [4.78, 5) is 6.44. The van der Waals surface area contributed by atoms with Crippen molar-refractivity contribution in [2.45, 2.75) is 0 Å². The number of aliphatic imine (C=N–C) groups is 1. The van der Waals surface area contributed by atoms with Gasteiger partial charge in [0.05, 0.1) is 31.7 Å². The summed E-state index contributed by atoms with van der Waals surface area (Å²) in [5.74, 6) is 1.88. The van der Waals surface area contributed by atoms with E-state index in [4.69, 9.17) is 14.2 Å². The molecule has 0 radical (unpaired) electrons. The minimum Gasteiger partial charge on any atom is -0.497 e. The Balaban J connectivity index is 1.40. The molecule has 0 saturated carbocycles. The molecule has 0 aliphatic carbocycles. The van der Waals surface area contributed by atoms with Gasteiger partial charge in [-0.3, -0.25) is 4.99 Å². The quantitative estimate of drug-likeness (QED) is 0.527. The second-order valence-corrected chi connectivity index (χ2v) is 6.84. The van der Waals surface area contributed by atoms with Gasteiger partial charge in [-0.25, -0.2) is 4.39 Å². The van der Waals surface area contributed by atoms with Crippen LogP contribution in [-0.4, -0.2) is 39.6 Å². The number of rotatable bonds is 6. The maximum Gasteiger partial charge on any atom is 0.147 e. The van der Waals surface area contributed by atoms with Gasteiger partial charge in [0.1, 0.15) is 23.1 Å². The van der Waals surface area contributed by atoms with Gasteiger partial charge >= 0.3 is 0 Å². The van der Waals surface area contributed by atoms with Crippen LogP contribution >= 0.6 is 0 Å². The second-order valence-electron chi connectivity index (χ2n) is 6.84. The molecular weight excluding hydrogens is 383 g/mol. The molecule has 0 unspecified atom stereocenters. The summed E-state index contributed by atoms with van der Waals surface area (Å²) in [6.07, 6.45) is 1.66. The number of benzene rings is 3. The first kappa shape index (κ1) is 19.9. The number of anilines is 1. The monoisotopic (exact) mass is 406 g/mol. The SMILES string of the molecule is COc1cccc(Oc2ccc(N=Cc3ccc(N4CCOCC4)c(F)c3)cc2)c1. The third kappa shape index (κ3) is 4.96. The molecule has 1 saturated heterocycles. The van der Waals surface area contributed by atoms with E-state index in [1.807, 2.05) is 59.5 Å². The van der Waals surface area contributed by atoms with Crippen molar-refractivity contribution in [2.75, 3.05) is 38.3 Å². The predicted molar refractivity (Wildman–Crippen MR) is 116 cm³/mol. The number of hydrogen-bond donors (Lipinski definition) is 0. The lowest BCUT2D eigenvalue weighted by molar-refractivity contribution is 0.122. The maximum absolute atomic E-state index is 14.5. The maximum atomic E-state index is 14.5. The molecule has 5 nitrogen and oxygen atoms in total. The van der Waals surface area contributed by atoms with E-state index in [0.29, 0.717) is 49.1 Å². The van der Waals surface area contributed by atoms with E-state index in [2.05, 4.69) is 4.99 Å². The highest BCUT2D eigenvalue weighted by atomic mass is 19.1. The molecule has 0 aromatic heterocycles. The van der Waals surface area contributed by atoms with Crippen molar-refractivity contribution in [2.24, 2.45) is 4.99 Å². The highest BCUT2D eigenvalue weighted by Crippen LogP contribution is 2.27. The van der Waals surface area contributed by atoms with E-state index in [9.17, 15) is 4.39 Å². The van der Waals surface area contributed by atoms with Gasteiger partial charge in [-0.05, 0) is 54.1 Å². The van der Waals surface area contributed by atoms with Crippen LogP contribution in [0.15, 0.2) is 71.7 Å². The lowest BCUT2D eigenvalue weighted by Crippen LogP contribution is -2.36. The van der Waals surface area contributed by atoms with Crippen LogP contribution in [0.25, 0.3) is 0 Å². The average Bonchev–Trinajstić information content (AvgIpc) is 2.79. The first-order chi connectivity index (χ1) is 14.7. The smallest absolute Gasteiger partial charge is 0.147 e. The second kappa shape index (κ2) is 9.41. The van der Waals surface area contributed by atoms with Crippen LogP contribution in [0.1, 0.15) is 5.56 Å². The van der Waals surface area contributed by atoms with E-state index < -0.39 is 0 Å². The predicted octanol–water partition coefficient (Wildman–Crippen LogP) is 5.21. The molecule has 0 amide bonds. The lowest BCUT2D eigenvalue weighted by atomic mass is 10.2. The van der Waals surface area contributed by atoms with E-state index in [0.717, 1.165) is 11.4 Å². The third-order valence-corrected chi connectivity index (χ3v) is 4.80. The number of nitrogens with zero attached hydrogens (tertiary/aromatic N) is 2. The van der Waals surface area contributed by atoms with Gasteiger partial charge in [-0.1, -0.05) is 12.1 Å². The highest BCUT2D eigenvalue weighted by Gasteiger charge is 2.14. The fraction of sp³-hybridized carbons (Fsp3) is 0.208. The number of hydrogen-bond acceptors (Lipinski definition) is 5. The summed E-state index contributed by atoms with van der Waals surface area (Å²) < 4.78 is 30.9. The van der Waals surface area contributed by atoms with Crippen LogP contribution in [0.4, 0.5) is 15.8 Å². The molecule has 1 aliphatic rings. The third-order valence-electron chi connectivity index (χ3n) is 4.80. The Bertz CT molecular complexity index is 1020. The zero-order valence-corrected chi connectivity index (χ0v) is 16.8. The van der Waals surface area contributed by atoms with E-state index in [-0.39, 0.29) is 5.82 Å². The number of halogens is 1. The molecule has 0 atom stereocenters. The van der Waals surface area contributed by atoms with Crippen molar-refractivity contribution in [1.29, 1.82) is 0 Å². The van der Waals surface area contributed by atoms with Crippen LogP contribution in [0, 0.1) is 5.82 Å². The minimum atomic E-state index is -0.247. The molecule has 4 rings (SSSR count). The van der Waals surface area contributed by atoms with Gasteiger partial charge in [0, 0.05) is 25.4 Å². The van der Waals surface area contributed by atoms with Crippen molar-refractivity contribution in [3.8, 4) is 17.2 Å². The molecule has 154 valence electrons. The first-order valence-corrected chi connectivity index (χ1v) is 9.79. The Hall–Kier alpha value is -3.38. The van der Waals surface area contributed by atoms with Crippen LogP contribution in [0.5, 0.6) is 17.2 Å².